The number of rotatable bonds is 6. The highest BCUT2D eigenvalue weighted by Crippen LogP contribution is 2.22. The fraction of sp³-hybridized carbons (Fsp3) is 1.00. The van der Waals surface area contributed by atoms with Crippen molar-refractivity contribution in [1.29, 1.82) is 0 Å². The lowest BCUT2D eigenvalue weighted by Gasteiger charge is -2.30. The Hall–Kier alpha value is -0.340. The summed E-state index contributed by atoms with van der Waals surface area (Å²) in [7, 11) is -3.10. The van der Waals surface area contributed by atoms with Gasteiger partial charge in [-0.2, -0.15) is 13.2 Å². The third-order valence-electron chi connectivity index (χ3n) is 3.11. The molecular formula is C11H20F3NO3S. The molecule has 114 valence electrons. The molecule has 1 aliphatic rings. The minimum Gasteiger partial charge on any atom is -0.396 e. The number of nitrogens with zero attached hydrogens (tertiary/aromatic N) is 1. The van der Waals surface area contributed by atoms with Crippen molar-refractivity contribution in [2.24, 2.45) is 5.92 Å². The Morgan fingerprint density at radius 1 is 1.32 bits per heavy atom. The van der Waals surface area contributed by atoms with Gasteiger partial charge in [-0.15, -0.1) is 0 Å². The monoisotopic (exact) mass is 303 g/mol. The Labute approximate surface area is 111 Å². The van der Waals surface area contributed by atoms with E-state index >= 15 is 0 Å². The van der Waals surface area contributed by atoms with Crippen molar-refractivity contribution in [3.8, 4) is 0 Å². The molecule has 1 saturated heterocycles. The van der Waals surface area contributed by atoms with E-state index < -0.39 is 22.6 Å². The third-order valence-corrected chi connectivity index (χ3v) is 5.00. The molecule has 1 N–H and O–H groups in total. The predicted molar refractivity (Wildman–Crippen MR) is 65.6 cm³/mol. The number of alkyl halides is 3. The number of aliphatic hydroxyl groups is 1. The summed E-state index contributed by atoms with van der Waals surface area (Å²) in [5, 5.41) is 8.70. The predicted octanol–water partition coefficient (Wildman–Crippen LogP) is 1.06. The van der Waals surface area contributed by atoms with Gasteiger partial charge in [0.25, 0.3) is 0 Å². The van der Waals surface area contributed by atoms with Crippen LogP contribution in [0, 0.1) is 5.92 Å². The highest BCUT2D eigenvalue weighted by molar-refractivity contribution is 7.91. The van der Waals surface area contributed by atoms with Gasteiger partial charge in [0.15, 0.2) is 9.84 Å². The summed E-state index contributed by atoms with van der Waals surface area (Å²) in [6.45, 7) is -0.966. The van der Waals surface area contributed by atoms with Crippen LogP contribution in [0.1, 0.15) is 19.3 Å². The van der Waals surface area contributed by atoms with Crippen molar-refractivity contribution in [3.63, 3.8) is 0 Å². The highest BCUT2D eigenvalue weighted by Gasteiger charge is 2.33. The fourth-order valence-corrected chi connectivity index (χ4v) is 4.17. The summed E-state index contributed by atoms with van der Waals surface area (Å²) in [4.78, 5) is 1.20. The van der Waals surface area contributed by atoms with Crippen LogP contribution >= 0.6 is 0 Å². The molecule has 1 aliphatic heterocycles. The number of halogens is 3. The lowest BCUT2D eigenvalue weighted by molar-refractivity contribution is -0.147. The Morgan fingerprint density at radius 3 is 2.53 bits per heavy atom. The zero-order valence-electron chi connectivity index (χ0n) is 10.7. The van der Waals surface area contributed by atoms with Gasteiger partial charge in [-0.25, -0.2) is 8.42 Å². The molecule has 0 aromatic rings. The van der Waals surface area contributed by atoms with Gasteiger partial charge in [0.05, 0.1) is 18.1 Å². The van der Waals surface area contributed by atoms with E-state index in [0.29, 0.717) is 12.8 Å². The quantitative estimate of drug-likeness (QED) is 0.797. The van der Waals surface area contributed by atoms with E-state index in [1.807, 2.05) is 0 Å². The lowest BCUT2D eigenvalue weighted by atomic mass is 10.0. The molecule has 0 aliphatic carbocycles. The molecule has 0 aromatic carbocycles. The maximum Gasteiger partial charge on any atom is 0.401 e. The first-order valence-corrected chi connectivity index (χ1v) is 8.14. The Bertz CT molecular complexity index is 370. The van der Waals surface area contributed by atoms with Crippen molar-refractivity contribution < 1.29 is 26.7 Å². The van der Waals surface area contributed by atoms with E-state index in [1.165, 1.54) is 4.90 Å². The lowest BCUT2D eigenvalue weighted by Crippen LogP contribution is -2.41. The van der Waals surface area contributed by atoms with Crippen molar-refractivity contribution >= 4 is 9.84 Å². The van der Waals surface area contributed by atoms with Crippen LogP contribution in [0.2, 0.25) is 0 Å². The smallest absolute Gasteiger partial charge is 0.396 e. The number of hydrogen-bond acceptors (Lipinski definition) is 4. The minimum atomic E-state index is -4.30. The van der Waals surface area contributed by atoms with Gasteiger partial charge in [0.1, 0.15) is 0 Å². The number of aliphatic hydroxyl groups excluding tert-OH is 1. The zero-order chi connectivity index (χ0) is 14.5. The largest absolute Gasteiger partial charge is 0.401 e. The Balaban J connectivity index is 2.55. The number of sulfone groups is 1. The normalized spacial score (nSPS) is 23.7. The summed E-state index contributed by atoms with van der Waals surface area (Å²) in [5.74, 6) is -0.125. The van der Waals surface area contributed by atoms with Crippen LogP contribution in [-0.2, 0) is 9.84 Å². The molecule has 0 radical (unpaired) electrons. The van der Waals surface area contributed by atoms with E-state index in [1.54, 1.807) is 0 Å². The minimum absolute atomic E-state index is 0.0273. The first kappa shape index (κ1) is 16.7. The van der Waals surface area contributed by atoms with E-state index in [2.05, 4.69) is 0 Å². The van der Waals surface area contributed by atoms with E-state index in [4.69, 9.17) is 5.11 Å². The second-order valence-corrected chi connectivity index (χ2v) is 7.28. The van der Waals surface area contributed by atoms with Gasteiger partial charge in [0.2, 0.25) is 0 Å². The molecule has 1 atom stereocenters. The summed E-state index contributed by atoms with van der Waals surface area (Å²) >= 11 is 0. The summed E-state index contributed by atoms with van der Waals surface area (Å²) in [5.41, 5.74) is 0. The number of hydrogen-bond donors (Lipinski definition) is 1. The van der Waals surface area contributed by atoms with Gasteiger partial charge in [-0.3, -0.25) is 4.90 Å². The van der Waals surface area contributed by atoms with Crippen LogP contribution in [-0.4, -0.2) is 62.3 Å². The molecule has 0 amide bonds. The molecule has 0 bridgehead atoms. The van der Waals surface area contributed by atoms with Crippen LogP contribution in [0.5, 0.6) is 0 Å². The van der Waals surface area contributed by atoms with Gasteiger partial charge in [-0.05, 0) is 25.2 Å². The maximum absolute atomic E-state index is 12.4. The molecule has 19 heavy (non-hydrogen) atoms. The van der Waals surface area contributed by atoms with Gasteiger partial charge >= 0.3 is 6.18 Å². The Kier molecular flexibility index (Phi) is 6.07. The average Bonchev–Trinajstić information content (AvgIpc) is 2.22. The van der Waals surface area contributed by atoms with Gasteiger partial charge in [0, 0.05) is 19.7 Å². The van der Waals surface area contributed by atoms with Crippen molar-refractivity contribution in [3.05, 3.63) is 0 Å². The standard InChI is InChI=1S/C11H20F3NO3S/c12-11(13,14)9-15(4-2-5-16)7-10-3-1-6-19(17,18)8-10/h10,16H,1-9H2/t10-/m0/s1. The maximum atomic E-state index is 12.4. The molecular weight excluding hydrogens is 283 g/mol. The van der Waals surface area contributed by atoms with E-state index in [-0.39, 0.29) is 43.5 Å². The van der Waals surface area contributed by atoms with Gasteiger partial charge < -0.3 is 5.11 Å². The zero-order valence-corrected chi connectivity index (χ0v) is 11.5. The molecule has 1 fully saturated rings. The van der Waals surface area contributed by atoms with Crippen molar-refractivity contribution in [2.75, 3.05) is 37.7 Å². The highest BCUT2D eigenvalue weighted by atomic mass is 32.2. The van der Waals surface area contributed by atoms with E-state index in [9.17, 15) is 21.6 Å². The summed E-state index contributed by atoms with van der Waals surface area (Å²) < 4.78 is 60.2. The van der Waals surface area contributed by atoms with Crippen LogP contribution in [0.15, 0.2) is 0 Å². The fourth-order valence-electron chi connectivity index (χ4n) is 2.41. The van der Waals surface area contributed by atoms with Crippen LogP contribution in [0.4, 0.5) is 13.2 Å². The molecule has 0 aromatic heterocycles. The molecule has 1 rings (SSSR count). The second-order valence-electron chi connectivity index (χ2n) is 5.05. The Morgan fingerprint density at radius 2 is 2.00 bits per heavy atom. The van der Waals surface area contributed by atoms with Crippen LogP contribution in [0.25, 0.3) is 0 Å². The molecule has 0 unspecified atom stereocenters. The second kappa shape index (κ2) is 6.90. The molecule has 0 saturated carbocycles. The molecule has 0 spiro atoms. The molecule has 8 heteroatoms. The van der Waals surface area contributed by atoms with Crippen LogP contribution < -0.4 is 0 Å². The SMILES string of the molecule is O=S1(=O)CCC[C@@H](CN(CCCO)CC(F)(F)F)C1. The van der Waals surface area contributed by atoms with Crippen molar-refractivity contribution in [2.45, 2.75) is 25.4 Å². The molecule has 4 nitrogen and oxygen atoms in total. The topological polar surface area (TPSA) is 57.6 Å². The first-order chi connectivity index (χ1) is 8.72. The van der Waals surface area contributed by atoms with Crippen molar-refractivity contribution in [1.82, 2.24) is 4.90 Å². The third kappa shape index (κ3) is 7.12. The first-order valence-electron chi connectivity index (χ1n) is 6.32. The summed E-state index contributed by atoms with van der Waals surface area (Å²) in [6, 6.07) is 0. The molecule has 1 heterocycles. The summed E-state index contributed by atoms with van der Waals surface area (Å²) in [6.07, 6.45) is -2.88. The van der Waals surface area contributed by atoms with Crippen LogP contribution in [0.3, 0.4) is 0 Å². The average molecular weight is 303 g/mol. The van der Waals surface area contributed by atoms with Gasteiger partial charge in [-0.1, -0.05) is 0 Å². The van der Waals surface area contributed by atoms with E-state index in [0.717, 1.165) is 0 Å².